The molecule has 2 N–H and O–H groups in total. The fraction of sp³-hybridized carbons (Fsp3) is 0.625. The zero-order valence-electron chi connectivity index (χ0n) is 12.3. The van der Waals surface area contributed by atoms with Crippen LogP contribution in [0.4, 0.5) is 0 Å². The SMILES string of the molecule is COc1ccc(C(C)C)cc1CNCC1CCNC1. The molecular formula is C16H26N2O. The van der Waals surface area contributed by atoms with Crippen molar-refractivity contribution in [2.45, 2.75) is 32.7 Å². The monoisotopic (exact) mass is 262 g/mol. The van der Waals surface area contributed by atoms with Gasteiger partial charge in [-0.3, -0.25) is 0 Å². The van der Waals surface area contributed by atoms with Crippen LogP contribution in [0.1, 0.15) is 37.3 Å². The lowest BCUT2D eigenvalue weighted by atomic mass is 10.00. The van der Waals surface area contributed by atoms with E-state index in [1.165, 1.54) is 24.1 Å². The van der Waals surface area contributed by atoms with Crippen molar-refractivity contribution in [1.29, 1.82) is 0 Å². The molecule has 0 amide bonds. The number of nitrogens with one attached hydrogen (secondary N) is 2. The van der Waals surface area contributed by atoms with Gasteiger partial charge in [0.2, 0.25) is 0 Å². The highest BCUT2D eigenvalue weighted by Gasteiger charge is 2.14. The van der Waals surface area contributed by atoms with Crippen molar-refractivity contribution >= 4 is 0 Å². The third kappa shape index (κ3) is 3.95. The summed E-state index contributed by atoms with van der Waals surface area (Å²) in [6, 6.07) is 6.51. The van der Waals surface area contributed by atoms with Gasteiger partial charge in [0.15, 0.2) is 0 Å². The third-order valence-electron chi connectivity index (χ3n) is 3.88. The van der Waals surface area contributed by atoms with E-state index in [0.29, 0.717) is 5.92 Å². The van der Waals surface area contributed by atoms with Gasteiger partial charge in [0.25, 0.3) is 0 Å². The lowest BCUT2D eigenvalue weighted by molar-refractivity contribution is 0.405. The second kappa shape index (κ2) is 6.92. The van der Waals surface area contributed by atoms with Crippen LogP contribution < -0.4 is 15.4 Å². The van der Waals surface area contributed by atoms with Crippen LogP contribution in [0.25, 0.3) is 0 Å². The zero-order chi connectivity index (χ0) is 13.7. The Morgan fingerprint density at radius 2 is 2.26 bits per heavy atom. The molecule has 3 nitrogen and oxygen atoms in total. The molecule has 1 fully saturated rings. The van der Waals surface area contributed by atoms with Crippen LogP contribution in [0.15, 0.2) is 18.2 Å². The van der Waals surface area contributed by atoms with Crippen molar-refractivity contribution in [3.63, 3.8) is 0 Å². The van der Waals surface area contributed by atoms with Crippen LogP contribution in [-0.2, 0) is 6.54 Å². The smallest absolute Gasteiger partial charge is 0.123 e. The molecule has 1 saturated heterocycles. The molecule has 2 rings (SSSR count). The van der Waals surface area contributed by atoms with E-state index < -0.39 is 0 Å². The minimum absolute atomic E-state index is 0.559. The molecule has 0 bridgehead atoms. The van der Waals surface area contributed by atoms with E-state index >= 15 is 0 Å². The van der Waals surface area contributed by atoms with Gasteiger partial charge in [0.05, 0.1) is 7.11 Å². The van der Waals surface area contributed by atoms with E-state index in [9.17, 15) is 0 Å². The van der Waals surface area contributed by atoms with Gasteiger partial charge in [-0.15, -0.1) is 0 Å². The van der Waals surface area contributed by atoms with E-state index in [2.05, 4.69) is 42.7 Å². The third-order valence-corrected chi connectivity index (χ3v) is 3.88. The zero-order valence-corrected chi connectivity index (χ0v) is 12.3. The van der Waals surface area contributed by atoms with Crippen molar-refractivity contribution in [2.75, 3.05) is 26.7 Å². The second-order valence-corrected chi connectivity index (χ2v) is 5.72. The lowest BCUT2D eigenvalue weighted by Gasteiger charge is -2.15. The molecule has 1 aromatic carbocycles. The highest BCUT2D eigenvalue weighted by atomic mass is 16.5. The molecule has 0 radical (unpaired) electrons. The van der Waals surface area contributed by atoms with Gasteiger partial charge in [0.1, 0.15) is 5.75 Å². The molecule has 1 atom stereocenters. The molecule has 3 heteroatoms. The number of benzene rings is 1. The van der Waals surface area contributed by atoms with E-state index in [0.717, 1.165) is 31.3 Å². The first-order valence-corrected chi connectivity index (χ1v) is 7.29. The van der Waals surface area contributed by atoms with Gasteiger partial charge >= 0.3 is 0 Å². The molecule has 1 heterocycles. The molecule has 1 aliphatic heterocycles. The standard InChI is InChI=1S/C16H26N2O/c1-12(2)14-4-5-16(19-3)15(8-14)11-18-10-13-6-7-17-9-13/h4-5,8,12-13,17-18H,6-7,9-11H2,1-3H3. The Morgan fingerprint density at radius 3 is 2.89 bits per heavy atom. The minimum atomic E-state index is 0.559. The Labute approximate surface area is 116 Å². The van der Waals surface area contributed by atoms with E-state index in [1.54, 1.807) is 7.11 Å². The van der Waals surface area contributed by atoms with Gasteiger partial charge in [-0.05, 0) is 49.5 Å². The number of methoxy groups -OCH3 is 1. The molecule has 0 spiro atoms. The molecule has 0 aromatic heterocycles. The first-order chi connectivity index (χ1) is 9.20. The highest BCUT2D eigenvalue weighted by molar-refractivity contribution is 5.38. The summed E-state index contributed by atoms with van der Waals surface area (Å²) in [5, 5.41) is 6.97. The van der Waals surface area contributed by atoms with Crippen molar-refractivity contribution in [3.05, 3.63) is 29.3 Å². The van der Waals surface area contributed by atoms with Crippen molar-refractivity contribution in [3.8, 4) is 5.75 Å². The molecule has 1 unspecified atom stereocenters. The lowest BCUT2D eigenvalue weighted by Crippen LogP contribution is -2.24. The fourth-order valence-electron chi connectivity index (χ4n) is 2.60. The van der Waals surface area contributed by atoms with Crippen molar-refractivity contribution in [2.24, 2.45) is 5.92 Å². The maximum atomic E-state index is 5.45. The maximum Gasteiger partial charge on any atom is 0.123 e. The van der Waals surface area contributed by atoms with Gasteiger partial charge in [-0.25, -0.2) is 0 Å². The van der Waals surface area contributed by atoms with E-state index in [-0.39, 0.29) is 0 Å². The van der Waals surface area contributed by atoms with E-state index in [4.69, 9.17) is 4.74 Å². The normalized spacial score (nSPS) is 19.1. The Hall–Kier alpha value is -1.06. The summed E-state index contributed by atoms with van der Waals surface area (Å²) >= 11 is 0. The Bertz CT molecular complexity index is 398. The number of hydrogen-bond acceptors (Lipinski definition) is 3. The van der Waals surface area contributed by atoms with Gasteiger partial charge in [-0.1, -0.05) is 26.0 Å². The first-order valence-electron chi connectivity index (χ1n) is 7.29. The van der Waals surface area contributed by atoms with Crippen molar-refractivity contribution < 1.29 is 4.74 Å². The summed E-state index contributed by atoms with van der Waals surface area (Å²) in [6.07, 6.45) is 1.29. The predicted molar refractivity (Wildman–Crippen MR) is 79.8 cm³/mol. The first kappa shape index (κ1) is 14.4. The number of rotatable bonds is 6. The summed E-state index contributed by atoms with van der Waals surface area (Å²) < 4.78 is 5.45. The summed E-state index contributed by atoms with van der Waals surface area (Å²) in [5.74, 6) is 2.32. The fourth-order valence-corrected chi connectivity index (χ4v) is 2.60. The van der Waals surface area contributed by atoms with Gasteiger partial charge in [-0.2, -0.15) is 0 Å². The number of hydrogen-bond donors (Lipinski definition) is 2. The predicted octanol–water partition coefficient (Wildman–Crippen LogP) is 2.52. The molecule has 106 valence electrons. The summed E-state index contributed by atoms with van der Waals surface area (Å²) in [5.41, 5.74) is 2.64. The summed E-state index contributed by atoms with van der Waals surface area (Å²) in [7, 11) is 1.74. The average molecular weight is 262 g/mol. The molecule has 1 aromatic rings. The average Bonchev–Trinajstić information content (AvgIpc) is 2.91. The van der Waals surface area contributed by atoms with Crippen LogP contribution in [0.2, 0.25) is 0 Å². The Balaban J connectivity index is 1.94. The van der Waals surface area contributed by atoms with Crippen LogP contribution in [0.3, 0.4) is 0 Å². The minimum Gasteiger partial charge on any atom is -0.496 e. The topological polar surface area (TPSA) is 33.3 Å². The van der Waals surface area contributed by atoms with Crippen LogP contribution >= 0.6 is 0 Å². The molecule has 0 aliphatic carbocycles. The van der Waals surface area contributed by atoms with Crippen LogP contribution in [0.5, 0.6) is 5.75 Å². The van der Waals surface area contributed by atoms with Crippen LogP contribution in [0, 0.1) is 5.92 Å². The van der Waals surface area contributed by atoms with Crippen molar-refractivity contribution in [1.82, 2.24) is 10.6 Å². The number of ether oxygens (including phenoxy) is 1. The van der Waals surface area contributed by atoms with Gasteiger partial charge < -0.3 is 15.4 Å². The largest absolute Gasteiger partial charge is 0.496 e. The molecule has 0 saturated carbocycles. The Kier molecular flexibility index (Phi) is 5.23. The highest BCUT2D eigenvalue weighted by Crippen LogP contribution is 2.24. The molecular weight excluding hydrogens is 236 g/mol. The van der Waals surface area contributed by atoms with Crippen LogP contribution in [-0.4, -0.2) is 26.7 Å². The molecule has 19 heavy (non-hydrogen) atoms. The quantitative estimate of drug-likeness (QED) is 0.826. The Morgan fingerprint density at radius 1 is 1.42 bits per heavy atom. The van der Waals surface area contributed by atoms with E-state index in [1.807, 2.05) is 0 Å². The summed E-state index contributed by atoms with van der Waals surface area (Å²) in [4.78, 5) is 0. The molecule has 1 aliphatic rings. The van der Waals surface area contributed by atoms with Gasteiger partial charge in [0, 0.05) is 12.1 Å². The second-order valence-electron chi connectivity index (χ2n) is 5.72. The summed E-state index contributed by atoms with van der Waals surface area (Å²) in [6.45, 7) is 8.74. The maximum absolute atomic E-state index is 5.45.